The molecule has 30 heavy (non-hydrogen) atoms. The van der Waals surface area contributed by atoms with Gasteiger partial charge in [-0.1, -0.05) is 19.1 Å². The van der Waals surface area contributed by atoms with Gasteiger partial charge in [-0.05, 0) is 50.8 Å². The maximum Gasteiger partial charge on any atom is 0.258 e. The van der Waals surface area contributed by atoms with Gasteiger partial charge in [0.05, 0.1) is 10.9 Å². The Hall–Kier alpha value is -2.96. The van der Waals surface area contributed by atoms with Crippen molar-refractivity contribution in [3.8, 4) is 0 Å². The zero-order valence-corrected chi connectivity index (χ0v) is 17.5. The molecule has 2 aliphatic rings. The molecule has 0 radical (unpaired) electrons. The number of nitrogens with one attached hydrogen (secondary N) is 1. The van der Waals surface area contributed by atoms with E-state index in [2.05, 4.69) is 29.1 Å². The number of halogens is 1. The van der Waals surface area contributed by atoms with Crippen LogP contribution in [0.2, 0.25) is 0 Å². The van der Waals surface area contributed by atoms with Crippen molar-refractivity contribution in [2.45, 2.75) is 51.0 Å². The number of rotatable bonds is 4. The van der Waals surface area contributed by atoms with E-state index in [-0.39, 0.29) is 22.7 Å². The number of aryl methyl sites for hydroxylation is 1. The molecule has 1 saturated heterocycles. The van der Waals surface area contributed by atoms with Crippen LogP contribution in [0.3, 0.4) is 0 Å². The molecule has 156 valence electrons. The van der Waals surface area contributed by atoms with Crippen molar-refractivity contribution in [1.82, 2.24) is 14.9 Å². The van der Waals surface area contributed by atoms with Gasteiger partial charge in [-0.3, -0.25) is 4.79 Å². The summed E-state index contributed by atoms with van der Waals surface area (Å²) in [5.74, 6) is 0.879. The van der Waals surface area contributed by atoms with Gasteiger partial charge in [0, 0.05) is 24.0 Å². The van der Waals surface area contributed by atoms with Crippen molar-refractivity contribution in [3.05, 3.63) is 53.3 Å². The first kappa shape index (κ1) is 19.0. The number of hydrogen-bond acceptors (Lipinski definition) is 5. The van der Waals surface area contributed by atoms with E-state index in [0.29, 0.717) is 41.3 Å². The summed E-state index contributed by atoms with van der Waals surface area (Å²) in [6, 6.07) is 6.58. The number of aromatic nitrogens is 2. The number of furan rings is 1. The van der Waals surface area contributed by atoms with Gasteiger partial charge in [0.15, 0.2) is 0 Å². The molecule has 1 aliphatic heterocycles. The first-order valence-electron chi connectivity index (χ1n) is 10.4. The maximum atomic E-state index is 13.6. The molecular weight excluding hydrogens is 383 g/mol. The summed E-state index contributed by atoms with van der Waals surface area (Å²) in [5, 5.41) is 4.12. The Bertz CT molecular complexity index is 1140. The molecule has 1 aromatic carbocycles. The van der Waals surface area contributed by atoms with Gasteiger partial charge in [0.1, 0.15) is 23.7 Å². The third kappa shape index (κ3) is 3.13. The predicted octanol–water partition coefficient (Wildman–Crippen LogP) is 4.44. The molecule has 0 spiro atoms. The summed E-state index contributed by atoms with van der Waals surface area (Å²) in [7, 11) is 0. The van der Waals surface area contributed by atoms with Crippen molar-refractivity contribution < 1.29 is 13.6 Å². The van der Waals surface area contributed by atoms with Crippen molar-refractivity contribution in [1.29, 1.82) is 0 Å². The van der Waals surface area contributed by atoms with Gasteiger partial charge in [-0.25, -0.2) is 14.4 Å². The van der Waals surface area contributed by atoms with Gasteiger partial charge in [0.25, 0.3) is 5.91 Å². The quantitative estimate of drug-likeness (QED) is 0.691. The molecule has 3 aromatic rings. The van der Waals surface area contributed by atoms with Crippen molar-refractivity contribution >= 4 is 22.8 Å². The molecule has 1 saturated carbocycles. The summed E-state index contributed by atoms with van der Waals surface area (Å²) in [5.41, 5.74) is 1.80. The summed E-state index contributed by atoms with van der Waals surface area (Å²) < 4.78 is 19.2. The Morgan fingerprint density at radius 3 is 2.60 bits per heavy atom. The van der Waals surface area contributed by atoms with Crippen molar-refractivity contribution in [2.75, 3.05) is 18.4 Å². The SMILES string of the molecule is Cc1oc2ncnc(NC3(C)CC3)c2c1C(=O)N1CCC(C)(c2ccc(F)cc2)C1. The average Bonchev–Trinajstić information content (AvgIpc) is 3.14. The molecule has 5 rings (SSSR count). The molecular formula is C23H25FN4O2. The normalized spacial score (nSPS) is 22.5. The minimum absolute atomic E-state index is 0.0155. The minimum atomic E-state index is -0.252. The number of hydrogen-bond donors (Lipinski definition) is 1. The third-order valence-electron chi connectivity index (χ3n) is 6.60. The Morgan fingerprint density at radius 1 is 1.17 bits per heavy atom. The van der Waals surface area contributed by atoms with Gasteiger partial charge >= 0.3 is 0 Å². The Labute approximate surface area is 174 Å². The van der Waals surface area contributed by atoms with E-state index in [9.17, 15) is 9.18 Å². The number of fused-ring (bicyclic) bond motifs is 1. The summed E-state index contributed by atoms with van der Waals surface area (Å²) in [6.07, 6.45) is 4.43. The maximum absolute atomic E-state index is 13.6. The van der Waals surface area contributed by atoms with E-state index in [1.165, 1.54) is 18.5 Å². The summed E-state index contributed by atoms with van der Waals surface area (Å²) >= 11 is 0. The van der Waals surface area contributed by atoms with Gasteiger partial charge < -0.3 is 14.6 Å². The fraction of sp³-hybridized carbons (Fsp3) is 0.435. The summed E-state index contributed by atoms with van der Waals surface area (Å²) in [6.45, 7) is 7.26. The van der Waals surface area contributed by atoms with E-state index < -0.39 is 0 Å². The van der Waals surface area contributed by atoms with Gasteiger partial charge in [0.2, 0.25) is 5.71 Å². The Morgan fingerprint density at radius 2 is 1.90 bits per heavy atom. The second kappa shape index (κ2) is 6.52. The first-order valence-corrected chi connectivity index (χ1v) is 10.4. The van der Waals surface area contributed by atoms with Crippen LogP contribution in [0.4, 0.5) is 10.2 Å². The molecule has 7 heteroatoms. The van der Waals surface area contributed by atoms with Crippen LogP contribution in [0.25, 0.3) is 11.1 Å². The van der Waals surface area contributed by atoms with Crippen molar-refractivity contribution in [2.24, 2.45) is 0 Å². The van der Waals surface area contributed by atoms with Crippen LogP contribution >= 0.6 is 0 Å². The third-order valence-corrected chi connectivity index (χ3v) is 6.60. The second-order valence-corrected chi connectivity index (χ2v) is 9.17. The summed E-state index contributed by atoms with van der Waals surface area (Å²) in [4.78, 5) is 24.1. The van der Waals surface area contributed by atoms with Crippen LogP contribution in [0.1, 0.15) is 54.8 Å². The molecule has 6 nitrogen and oxygen atoms in total. The van der Waals surface area contributed by atoms with Crippen LogP contribution in [0.15, 0.2) is 35.0 Å². The molecule has 1 atom stereocenters. The highest BCUT2D eigenvalue weighted by Gasteiger charge is 2.41. The van der Waals surface area contributed by atoms with Gasteiger partial charge in [-0.15, -0.1) is 0 Å². The van der Waals surface area contributed by atoms with Gasteiger partial charge in [-0.2, -0.15) is 0 Å². The highest BCUT2D eigenvalue weighted by Crippen LogP contribution is 2.41. The standard InChI is InChI=1S/C23H25FN4O2/c1-14-17(18-19(27-23(3)8-9-23)25-13-26-20(18)30-14)21(29)28-11-10-22(2,12-28)15-4-6-16(24)7-5-15/h4-7,13H,8-12H2,1-3H3,(H,25,26,27). The molecule has 1 unspecified atom stereocenters. The second-order valence-electron chi connectivity index (χ2n) is 9.17. The van der Waals surface area contributed by atoms with Crippen LogP contribution in [-0.2, 0) is 5.41 Å². The number of likely N-dealkylation sites (tertiary alicyclic amines) is 1. The topological polar surface area (TPSA) is 71.3 Å². The number of carbonyl (C=O) groups excluding carboxylic acids is 1. The monoisotopic (exact) mass is 408 g/mol. The van der Waals surface area contributed by atoms with Crippen LogP contribution in [0.5, 0.6) is 0 Å². The zero-order valence-electron chi connectivity index (χ0n) is 17.5. The largest absolute Gasteiger partial charge is 0.442 e. The van der Waals surface area contributed by atoms with Crippen molar-refractivity contribution in [3.63, 3.8) is 0 Å². The molecule has 2 fully saturated rings. The van der Waals surface area contributed by atoms with E-state index >= 15 is 0 Å². The number of carbonyl (C=O) groups is 1. The number of benzene rings is 1. The fourth-order valence-corrected chi connectivity index (χ4v) is 4.38. The Balaban J connectivity index is 1.48. The average molecular weight is 408 g/mol. The lowest BCUT2D eigenvalue weighted by molar-refractivity contribution is 0.0784. The molecule has 0 bridgehead atoms. The van der Waals surface area contributed by atoms with E-state index in [0.717, 1.165) is 24.8 Å². The minimum Gasteiger partial charge on any atom is -0.442 e. The predicted molar refractivity (Wildman–Crippen MR) is 112 cm³/mol. The van der Waals surface area contributed by atoms with Crippen LogP contribution in [0, 0.1) is 12.7 Å². The molecule has 1 aliphatic carbocycles. The van der Waals surface area contributed by atoms with E-state index in [4.69, 9.17) is 4.42 Å². The van der Waals surface area contributed by atoms with Crippen LogP contribution < -0.4 is 5.32 Å². The highest BCUT2D eigenvalue weighted by molar-refractivity contribution is 6.10. The lowest BCUT2D eigenvalue weighted by atomic mass is 9.82. The zero-order chi connectivity index (χ0) is 21.1. The highest BCUT2D eigenvalue weighted by atomic mass is 19.1. The molecule has 3 heterocycles. The van der Waals surface area contributed by atoms with E-state index in [1.807, 2.05) is 17.0 Å². The molecule has 2 aromatic heterocycles. The number of amides is 1. The first-order chi connectivity index (χ1) is 14.3. The number of anilines is 1. The Kier molecular flexibility index (Phi) is 4.14. The lowest BCUT2D eigenvalue weighted by Gasteiger charge is -2.25. The molecule has 1 N–H and O–H groups in total. The lowest BCUT2D eigenvalue weighted by Crippen LogP contribution is -2.33. The number of nitrogens with zero attached hydrogens (tertiary/aromatic N) is 3. The molecule has 1 amide bonds. The van der Waals surface area contributed by atoms with Crippen LogP contribution in [-0.4, -0.2) is 39.4 Å². The smallest absolute Gasteiger partial charge is 0.258 e. The fourth-order valence-electron chi connectivity index (χ4n) is 4.38. The van der Waals surface area contributed by atoms with E-state index in [1.54, 1.807) is 6.92 Å².